The highest BCUT2D eigenvalue weighted by atomic mass is 79.9. The number of carbonyl (C=O) groups is 1. The van der Waals surface area contributed by atoms with E-state index in [1.807, 2.05) is 31.2 Å². The van der Waals surface area contributed by atoms with Crippen LogP contribution in [0.25, 0.3) is 5.69 Å². The van der Waals surface area contributed by atoms with Crippen molar-refractivity contribution in [1.29, 1.82) is 0 Å². The smallest absolute Gasteiger partial charge is 0.267 e. The van der Waals surface area contributed by atoms with Crippen LogP contribution in [0.5, 0.6) is 0 Å². The molecule has 1 aromatic heterocycles. The second-order valence-electron chi connectivity index (χ2n) is 4.92. The molecule has 8 heteroatoms. The highest BCUT2D eigenvalue weighted by molar-refractivity contribution is 9.10. The van der Waals surface area contributed by atoms with Gasteiger partial charge in [0.1, 0.15) is 6.33 Å². The summed E-state index contributed by atoms with van der Waals surface area (Å²) < 4.78 is 2.43. The summed E-state index contributed by atoms with van der Waals surface area (Å²) in [6, 6.07) is 14.6. The number of nitrogens with zero attached hydrogens (tertiary/aromatic N) is 5. The SMILES string of the molecule is C/C(=N\NC(=O)c1ccc(-n2cnnn2)cc1)c1ccccc1Br. The van der Waals surface area contributed by atoms with E-state index in [9.17, 15) is 4.79 Å². The Kier molecular flexibility index (Phi) is 4.76. The maximum atomic E-state index is 12.2. The van der Waals surface area contributed by atoms with Crippen molar-refractivity contribution in [1.82, 2.24) is 25.6 Å². The van der Waals surface area contributed by atoms with Gasteiger partial charge < -0.3 is 0 Å². The number of benzene rings is 2. The van der Waals surface area contributed by atoms with E-state index in [0.717, 1.165) is 15.7 Å². The number of hydrogen-bond donors (Lipinski definition) is 1. The lowest BCUT2D eigenvalue weighted by atomic mass is 10.1. The molecular weight excluding hydrogens is 372 g/mol. The van der Waals surface area contributed by atoms with Crippen molar-refractivity contribution in [3.8, 4) is 5.69 Å². The Morgan fingerprint density at radius 3 is 2.58 bits per heavy atom. The summed E-state index contributed by atoms with van der Waals surface area (Å²) in [6.07, 6.45) is 1.49. The Bertz CT molecular complexity index is 874. The molecule has 0 radical (unpaired) electrons. The minimum absolute atomic E-state index is 0.287. The van der Waals surface area contributed by atoms with Gasteiger partial charge in [-0.2, -0.15) is 5.10 Å². The van der Waals surface area contributed by atoms with E-state index in [1.165, 1.54) is 11.0 Å². The van der Waals surface area contributed by atoms with Crippen molar-refractivity contribution in [3.63, 3.8) is 0 Å². The minimum atomic E-state index is -0.287. The maximum Gasteiger partial charge on any atom is 0.271 e. The average Bonchev–Trinajstić information content (AvgIpc) is 3.14. The average molecular weight is 385 g/mol. The van der Waals surface area contributed by atoms with Crippen LogP contribution in [0, 0.1) is 0 Å². The van der Waals surface area contributed by atoms with Crippen molar-refractivity contribution >= 4 is 27.5 Å². The molecule has 24 heavy (non-hydrogen) atoms. The van der Waals surface area contributed by atoms with Gasteiger partial charge in [-0.15, -0.1) is 5.10 Å². The Morgan fingerprint density at radius 1 is 1.17 bits per heavy atom. The first-order valence-corrected chi connectivity index (χ1v) is 7.87. The first-order valence-electron chi connectivity index (χ1n) is 7.08. The molecule has 0 saturated carbocycles. The van der Waals surface area contributed by atoms with Crippen molar-refractivity contribution in [2.75, 3.05) is 0 Å². The van der Waals surface area contributed by atoms with Crippen LogP contribution in [0.3, 0.4) is 0 Å². The highest BCUT2D eigenvalue weighted by Crippen LogP contribution is 2.16. The Hall–Kier alpha value is -2.87. The molecule has 0 aliphatic rings. The molecule has 3 aromatic rings. The Labute approximate surface area is 146 Å². The molecule has 0 atom stereocenters. The number of carbonyl (C=O) groups excluding carboxylic acids is 1. The molecule has 0 bridgehead atoms. The first-order chi connectivity index (χ1) is 11.6. The zero-order chi connectivity index (χ0) is 16.9. The largest absolute Gasteiger partial charge is 0.271 e. The highest BCUT2D eigenvalue weighted by Gasteiger charge is 2.07. The molecule has 1 N–H and O–H groups in total. The van der Waals surface area contributed by atoms with Gasteiger partial charge in [0.15, 0.2) is 0 Å². The van der Waals surface area contributed by atoms with E-state index >= 15 is 0 Å². The lowest BCUT2D eigenvalue weighted by Crippen LogP contribution is -2.19. The van der Waals surface area contributed by atoms with Crippen LogP contribution in [0.1, 0.15) is 22.8 Å². The van der Waals surface area contributed by atoms with Crippen LogP contribution in [0.15, 0.2) is 64.4 Å². The third kappa shape index (κ3) is 3.54. The number of amides is 1. The fraction of sp³-hybridized carbons (Fsp3) is 0.0625. The van der Waals surface area contributed by atoms with Crippen LogP contribution in [-0.2, 0) is 0 Å². The maximum absolute atomic E-state index is 12.2. The predicted molar refractivity (Wildman–Crippen MR) is 93.0 cm³/mol. The number of nitrogens with one attached hydrogen (secondary N) is 1. The molecule has 1 heterocycles. The van der Waals surface area contributed by atoms with Gasteiger partial charge in [-0.05, 0) is 47.7 Å². The fourth-order valence-corrected chi connectivity index (χ4v) is 2.63. The summed E-state index contributed by atoms with van der Waals surface area (Å²) in [4.78, 5) is 12.2. The van der Waals surface area contributed by atoms with Crippen molar-refractivity contribution < 1.29 is 4.79 Å². The summed E-state index contributed by atoms with van der Waals surface area (Å²) in [7, 11) is 0. The summed E-state index contributed by atoms with van der Waals surface area (Å²) in [6.45, 7) is 1.83. The van der Waals surface area contributed by atoms with Gasteiger partial charge in [0.25, 0.3) is 5.91 Å². The molecule has 0 fully saturated rings. The van der Waals surface area contributed by atoms with Gasteiger partial charge in [-0.25, -0.2) is 10.1 Å². The number of hydrazone groups is 1. The van der Waals surface area contributed by atoms with Gasteiger partial charge in [0.05, 0.1) is 11.4 Å². The van der Waals surface area contributed by atoms with E-state index in [4.69, 9.17) is 0 Å². The van der Waals surface area contributed by atoms with Gasteiger partial charge >= 0.3 is 0 Å². The quantitative estimate of drug-likeness (QED) is 0.553. The number of rotatable bonds is 4. The van der Waals surface area contributed by atoms with Gasteiger partial charge in [0.2, 0.25) is 0 Å². The summed E-state index contributed by atoms with van der Waals surface area (Å²) in [5, 5.41) is 15.1. The number of tetrazole rings is 1. The first kappa shape index (κ1) is 16.0. The monoisotopic (exact) mass is 384 g/mol. The van der Waals surface area contributed by atoms with Crippen molar-refractivity contribution in [2.45, 2.75) is 6.92 Å². The third-order valence-electron chi connectivity index (χ3n) is 3.33. The van der Waals surface area contributed by atoms with E-state index < -0.39 is 0 Å². The topological polar surface area (TPSA) is 85.1 Å². The standard InChI is InChI=1S/C16H13BrN6O/c1-11(14-4-2-3-5-15(14)17)19-20-16(24)12-6-8-13(9-7-12)23-10-18-21-22-23/h2-10H,1H3,(H,20,24)/b19-11+. The molecule has 0 spiro atoms. The number of hydrogen-bond acceptors (Lipinski definition) is 5. The second-order valence-corrected chi connectivity index (χ2v) is 5.77. The van der Waals surface area contributed by atoms with Crippen LogP contribution >= 0.6 is 15.9 Å². The van der Waals surface area contributed by atoms with E-state index in [1.54, 1.807) is 24.3 Å². The molecule has 0 saturated heterocycles. The summed E-state index contributed by atoms with van der Waals surface area (Å²) in [5.74, 6) is -0.287. The molecule has 1 amide bonds. The fourth-order valence-electron chi connectivity index (χ4n) is 2.06. The Morgan fingerprint density at radius 2 is 1.92 bits per heavy atom. The van der Waals surface area contributed by atoms with Gasteiger partial charge in [0, 0.05) is 15.6 Å². The normalized spacial score (nSPS) is 11.3. The lowest BCUT2D eigenvalue weighted by molar-refractivity contribution is 0.0955. The molecule has 0 aliphatic heterocycles. The molecule has 0 aliphatic carbocycles. The Balaban J connectivity index is 1.71. The number of aromatic nitrogens is 4. The molecule has 2 aromatic carbocycles. The molecule has 7 nitrogen and oxygen atoms in total. The summed E-state index contributed by atoms with van der Waals surface area (Å²) in [5.41, 5.74) is 5.46. The zero-order valence-electron chi connectivity index (χ0n) is 12.7. The van der Waals surface area contributed by atoms with Crippen LogP contribution < -0.4 is 5.43 Å². The lowest BCUT2D eigenvalue weighted by Gasteiger charge is -2.05. The molecule has 0 unspecified atom stereocenters. The van der Waals surface area contributed by atoms with E-state index in [-0.39, 0.29) is 5.91 Å². The zero-order valence-corrected chi connectivity index (χ0v) is 14.3. The molecule has 3 rings (SSSR count). The van der Waals surface area contributed by atoms with Crippen LogP contribution in [-0.4, -0.2) is 31.8 Å². The minimum Gasteiger partial charge on any atom is -0.267 e. The van der Waals surface area contributed by atoms with E-state index in [2.05, 4.69) is 42.0 Å². The van der Waals surface area contributed by atoms with Crippen molar-refractivity contribution in [3.05, 3.63) is 70.5 Å². The van der Waals surface area contributed by atoms with Gasteiger partial charge in [-0.1, -0.05) is 34.1 Å². The summed E-state index contributed by atoms with van der Waals surface area (Å²) >= 11 is 3.46. The number of halogens is 1. The predicted octanol–water partition coefficient (Wildman–Crippen LogP) is 2.58. The third-order valence-corrected chi connectivity index (χ3v) is 4.02. The second kappa shape index (κ2) is 7.14. The molecule has 120 valence electrons. The van der Waals surface area contributed by atoms with Gasteiger partial charge in [-0.3, -0.25) is 4.79 Å². The van der Waals surface area contributed by atoms with E-state index in [0.29, 0.717) is 11.3 Å². The van der Waals surface area contributed by atoms with Crippen LogP contribution in [0.2, 0.25) is 0 Å². The molecular formula is C16H13BrN6O. The van der Waals surface area contributed by atoms with Crippen LogP contribution in [0.4, 0.5) is 0 Å². The van der Waals surface area contributed by atoms with Crippen molar-refractivity contribution in [2.24, 2.45) is 5.10 Å².